The van der Waals surface area contributed by atoms with E-state index < -0.39 is 0 Å². The Hall–Kier alpha value is -0.730. The maximum atomic E-state index is 6.26. The fourth-order valence-corrected chi connectivity index (χ4v) is 2.37. The molecule has 2 rings (SSSR count). The van der Waals surface area contributed by atoms with Crippen molar-refractivity contribution >= 4 is 11.6 Å². The van der Waals surface area contributed by atoms with Crippen LogP contribution in [0.5, 0.6) is 5.75 Å². The molecule has 0 N–H and O–H groups in total. The first-order valence-electron chi connectivity index (χ1n) is 6.26. The van der Waals surface area contributed by atoms with Gasteiger partial charge in [0.25, 0.3) is 0 Å². The number of rotatable bonds is 5. The molecule has 0 radical (unpaired) electrons. The van der Waals surface area contributed by atoms with Crippen LogP contribution < -0.4 is 4.74 Å². The second-order valence-corrected chi connectivity index (χ2v) is 5.00. The number of alkyl halides is 1. The fraction of sp³-hybridized carbons (Fsp3) is 0.571. The van der Waals surface area contributed by atoms with Gasteiger partial charge < -0.3 is 9.47 Å². The molecule has 94 valence electrons. The molecule has 2 unspecified atom stereocenters. The van der Waals surface area contributed by atoms with E-state index in [1.807, 2.05) is 30.3 Å². The predicted octanol–water partition coefficient (Wildman–Crippen LogP) is 3.49. The monoisotopic (exact) mass is 254 g/mol. The highest BCUT2D eigenvalue weighted by Gasteiger charge is 2.23. The van der Waals surface area contributed by atoms with E-state index in [-0.39, 0.29) is 5.38 Å². The zero-order chi connectivity index (χ0) is 11.9. The first-order chi connectivity index (χ1) is 8.36. The second kappa shape index (κ2) is 6.87. The third kappa shape index (κ3) is 4.21. The first-order valence-corrected chi connectivity index (χ1v) is 6.69. The molecule has 0 amide bonds. The van der Waals surface area contributed by atoms with Crippen LogP contribution in [0, 0.1) is 5.92 Å². The summed E-state index contributed by atoms with van der Waals surface area (Å²) >= 11 is 6.26. The van der Waals surface area contributed by atoms with E-state index in [9.17, 15) is 0 Å². The van der Waals surface area contributed by atoms with Crippen LogP contribution in [0.25, 0.3) is 0 Å². The zero-order valence-corrected chi connectivity index (χ0v) is 10.7. The molecular formula is C14H19ClO2. The first kappa shape index (κ1) is 12.7. The van der Waals surface area contributed by atoms with Gasteiger partial charge in [-0.1, -0.05) is 18.2 Å². The second-order valence-electron chi connectivity index (χ2n) is 4.44. The van der Waals surface area contributed by atoms with Crippen molar-refractivity contribution in [3.63, 3.8) is 0 Å². The van der Waals surface area contributed by atoms with Crippen LogP contribution in [0.2, 0.25) is 0 Å². The minimum Gasteiger partial charge on any atom is -0.494 e. The molecule has 2 nitrogen and oxygen atoms in total. The molecule has 0 spiro atoms. The average molecular weight is 255 g/mol. The van der Waals surface area contributed by atoms with E-state index in [1.54, 1.807) is 0 Å². The van der Waals surface area contributed by atoms with E-state index >= 15 is 0 Å². The molecular weight excluding hydrogens is 236 g/mol. The van der Waals surface area contributed by atoms with Gasteiger partial charge in [0.15, 0.2) is 0 Å². The summed E-state index contributed by atoms with van der Waals surface area (Å²) in [5.41, 5.74) is 0. The molecule has 2 atom stereocenters. The van der Waals surface area contributed by atoms with Gasteiger partial charge in [0, 0.05) is 12.0 Å². The Bertz CT molecular complexity index is 315. The smallest absolute Gasteiger partial charge is 0.119 e. The van der Waals surface area contributed by atoms with Crippen molar-refractivity contribution in [1.29, 1.82) is 0 Å². The summed E-state index contributed by atoms with van der Waals surface area (Å²) in [4.78, 5) is 0. The number of para-hydroxylation sites is 1. The van der Waals surface area contributed by atoms with Gasteiger partial charge in [-0.05, 0) is 37.3 Å². The van der Waals surface area contributed by atoms with Crippen molar-refractivity contribution in [1.82, 2.24) is 0 Å². The highest BCUT2D eigenvalue weighted by molar-refractivity contribution is 6.20. The standard InChI is InChI=1S/C14H19ClO2/c15-14-8-10-16-11-12(14)5-4-9-17-13-6-2-1-3-7-13/h1-3,6-7,12,14H,4-5,8-11H2. The summed E-state index contributed by atoms with van der Waals surface area (Å²) in [6.07, 6.45) is 3.10. The molecule has 1 aromatic rings. The quantitative estimate of drug-likeness (QED) is 0.592. The Labute approximate surface area is 108 Å². The maximum Gasteiger partial charge on any atom is 0.119 e. The predicted molar refractivity (Wildman–Crippen MR) is 69.7 cm³/mol. The van der Waals surface area contributed by atoms with Gasteiger partial charge in [0.05, 0.1) is 13.2 Å². The van der Waals surface area contributed by atoms with Crippen LogP contribution in [0.3, 0.4) is 0 Å². The summed E-state index contributed by atoms with van der Waals surface area (Å²) in [5, 5.41) is 0.278. The molecule has 1 aromatic carbocycles. The molecule has 0 aromatic heterocycles. The van der Waals surface area contributed by atoms with Gasteiger partial charge in [0.2, 0.25) is 0 Å². The number of ether oxygens (including phenoxy) is 2. The number of halogens is 1. The Morgan fingerprint density at radius 2 is 2.12 bits per heavy atom. The molecule has 1 heterocycles. The minimum atomic E-state index is 0.278. The van der Waals surface area contributed by atoms with Gasteiger partial charge in [-0.2, -0.15) is 0 Å². The van der Waals surface area contributed by atoms with Crippen LogP contribution in [-0.2, 0) is 4.74 Å². The van der Waals surface area contributed by atoms with Gasteiger partial charge in [0.1, 0.15) is 5.75 Å². The molecule has 1 saturated heterocycles. The highest BCUT2D eigenvalue weighted by atomic mass is 35.5. The van der Waals surface area contributed by atoms with E-state index in [0.29, 0.717) is 5.92 Å². The lowest BCUT2D eigenvalue weighted by molar-refractivity contribution is 0.0523. The van der Waals surface area contributed by atoms with Crippen LogP contribution in [-0.4, -0.2) is 25.2 Å². The Morgan fingerprint density at radius 3 is 2.88 bits per heavy atom. The largest absolute Gasteiger partial charge is 0.494 e. The summed E-state index contributed by atoms with van der Waals surface area (Å²) in [6.45, 7) is 2.37. The highest BCUT2D eigenvalue weighted by Crippen LogP contribution is 2.24. The number of hydrogen-bond acceptors (Lipinski definition) is 2. The van der Waals surface area contributed by atoms with Crippen LogP contribution in [0.15, 0.2) is 30.3 Å². The van der Waals surface area contributed by atoms with Crippen molar-refractivity contribution in [2.75, 3.05) is 19.8 Å². The SMILES string of the molecule is ClC1CCOCC1CCCOc1ccccc1. The molecule has 0 saturated carbocycles. The van der Waals surface area contributed by atoms with Crippen LogP contribution in [0.1, 0.15) is 19.3 Å². The van der Waals surface area contributed by atoms with Crippen LogP contribution in [0.4, 0.5) is 0 Å². The van der Waals surface area contributed by atoms with Gasteiger partial charge in [-0.3, -0.25) is 0 Å². The third-order valence-electron chi connectivity index (χ3n) is 3.11. The molecule has 0 bridgehead atoms. The lowest BCUT2D eigenvalue weighted by Gasteiger charge is -2.27. The summed E-state index contributed by atoms with van der Waals surface area (Å²) in [7, 11) is 0. The Morgan fingerprint density at radius 1 is 1.29 bits per heavy atom. The van der Waals surface area contributed by atoms with Crippen molar-refractivity contribution in [3.05, 3.63) is 30.3 Å². The maximum absolute atomic E-state index is 6.26. The summed E-state index contributed by atoms with van der Waals surface area (Å²) in [6, 6.07) is 9.92. The lowest BCUT2D eigenvalue weighted by atomic mass is 9.96. The van der Waals surface area contributed by atoms with Crippen molar-refractivity contribution in [2.45, 2.75) is 24.6 Å². The normalized spacial score (nSPS) is 24.5. The van der Waals surface area contributed by atoms with Gasteiger partial charge in [-0.15, -0.1) is 11.6 Å². The average Bonchev–Trinajstić information content (AvgIpc) is 2.38. The molecule has 1 aliphatic rings. The fourth-order valence-electron chi connectivity index (χ4n) is 2.09. The molecule has 17 heavy (non-hydrogen) atoms. The molecule has 3 heteroatoms. The Kier molecular flexibility index (Phi) is 5.14. The van der Waals surface area contributed by atoms with Crippen molar-refractivity contribution in [3.8, 4) is 5.75 Å². The van der Waals surface area contributed by atoms with Gasteiger partial charge in [-0.25, -0.2) is 0 Å². The molecule has 0 aliphatic carbocycles. The number of hydrogen-bond donors (Lipinski definition) is 0. The topological polar surface area (TPSA) is 18.5 Å². The van der Waals surface area contributed by atoms with E-state index in [0.717, 1.165) is 44.8 Å². The van der Waals surface area contributed by atoms with Crippen LogP contribution >= 0.6 is 11.6 Å². The zero-order valence-electron chi connectivity index (χ0n) is 9.98. The van der Waals surface area contributed by atoms with Crippen molar-refractivity contribution < 1.29 is 9.47 Å². The summed E-state index contributed by atoms with van der Waals surface area (Å²) < 4.78 is 11.1. The van der Waals surface area contributed by atoms with Gasteiger partial charge >= 0.3 is 0 Å². The minimum absolute atomic E-state index is 0.278. The number of benzene rings is 1. The van der Waals surface area contributed by atoms with E-state index in [1.165, 1.54) is 0 Å². The third-order valence-corrected chi connectivity index (χ3v) is 3.69. The molecule has 1 fully saturated rings. The van der Waals surface area contributed by atoms with E-state index in [2.05, 4.69) is 0 Å². The Balaban J connectivity index is 1.63. The molecule has 1 aliphatic heterocycles. The lowest BCUT2D eigenvalue weighted by Crippen LogP contribution is -2.28. The van der Waals surface area contributed by atoms with E-state index in [4.69, 9.17) is 21.1 Å². The summed E-state index contributed by atoms with van der Waals surface area (Å²) in [5.74, 6) is 1.43. The van der Waals surface area contributed by atoms with Crippen molar-refractivity contribution in [2.24, 2.45) is 5.92 Å².